The first kappa shape index (κ1) is 16.9. The molecule has 1 N–H and O–H groups in total. The molecule has 27 heavy (non-hydrogen) atoms. The highest BCUT2D eigenvalue weighted by Gasteiger charge is 2.18. The van der Waals surface area contributed by atoms with Crippen LogP contribution in [-0.4, -0.2) is 32.3 Å². The summed E-state index contributed by atoms with van der Waals surface area (Å²) in [5.41, 5.74) is 1.78. The lowest BCUT2D eigenvalue weighted by molar-refractivity contribution is 0.0750. The standard InChI is InChI=1S/C21H18N4O2/c1-2-25(13-19-23-18-10-6-4-8-16(18)20(26)24-19)21(27)15-11-12-22-17-9-5-3-7-14(15)17/h3-12H,2,13H2,1H3,(H,23,24,26). The molecule has 6 heteroatoms. The van der Waals surface area contributed by atoms with E-state index in [0.717, 1.165) is 10.9 Å². The van der Waals surface area contributed by atoms with E-state index >= 15 is 0 Å². The van der Waals surface area contributed by atoms with E-state index < -0.39 is 0 Å². The molecule has 2 aromatic heterocycles. The van der Waals surface area contributed by atoms with Crippen molar-refractivity contribution in [3.8, 4) is 0 Å². The Balaban J connectivity index is 1.70. The molecular weight excluding hydrogens is 340 g/mol. The van der Waals surface area contributed by atoms with E-state index in [9.17, 15) is 9.59 Å². The summed E-state index contributed by atoms with van der Waals surface area (Å²) in [6.07, 6.45) is 1.64. The number of nitrogens with zero attached hydrogens (tertiary/aromatic N) is 3. The van der Waals surface area contributed by atoms with Crippen molar-refractivity contribution in [3.63, 3.8) is 0 Å². The van der Waals surface area contributed by atoms with E-state index in [1.807, 2.05) is 37.3 Å². The SMILES string of the molecule is CCN(Cc1nc2ccccc2c(=O)[nH]1)C(=O)c1ccnc2ccccc12. The Labute approximate surface area is 155 Å². The zero-order valence-corrected chi connectivity index (χ0v) is 14.8. The van der Waals surface area contributed by atoms with E-state index in [4.69, 9.17) is 0 Å². The second-order valence-electron chi connectivity index (χ2n) is 6.22. The predicted octanol–water partition coefficient (Wildman–Crippen LogP) is 3.13. The Morgan fingerprint density at radius 1 is 1.00 bits per heavy atom. The highest BCUT2D eigenvalue weighted by atomic mass is 16.2. The molecular formula is C21H18N4O2. The van der Waals surface area contributed by atoms with E-state index in [2.05, 4.69) is 15.0 Å². The number of hydrogen-bond acceptors (Lipinski definition) is 4. The zero-order valence-electron chi connectivity index (χ0n) is 14.8. The van der Waals surface area contributed by atoms with Gasteiger partial charge in [-0.05, 0) is 31.2 Å². The highest BCUT2D eigenvalue weighted by molar-refractivity contribution is 6.05. The fraction of sp³-hybridized carbons (Fsp3) is 0.143. The molecule has 134 valence electrons. The third kappa shape index (κ3) is 3.17. The maximum Gasteiger partial charge on any atom is 0.258 e. The highest BCUT2D eigenvalue weighted by Crippen LogP contribution is 2.19. The lowest BCUT2D eigenvalue weighted by atomic mass is 10.1. The normalized spacial score (nSPS) is 11.0. The van der Waals surface area contributed by atoms with Crippen molar-refractivity contribution in [3.05, 3.63) is 82.5 Å². The van der Waals surface area contributed by atoms with Crippen LogP contribution in [0, 0.1) is 0 Å². The molecule has 4 rings (SSSR count). The molecule has 0 radical (unpaired) electrons. The number of carbonyl (C=O) groups is 1. The summed E-state index contributed by atoms with van der Waals surface area (Å²) in [7, 11) is 0. The van der Waals surface area contributed by atoms with Crippen molar-refractivity contribution in [1.82, 2.24) is 19.9 Å². The summed E-state index contributed by atoms with van der Waals surface area (Å²) in [5, 5.41) is 1.35. The summed E-state index contributed by atoms with van der Waals surface area (Å²) in [4.78, 5) is 38.7. The monoisotopic (exact) mass is 358 g/mol. The quantitative estimate of drug-likeness (QED) is 0.608. The molecule has 6 nitrogen and oxygen atoms in total. The Morgan fingerprint density at radius 3 is 2.48 bits per heavy atom. The second-order valence-corrected chi connectivity index (χ2v) is 6.22. The lowest BCUT2D eigenvalue weighted by Crippen LogP contribution is -2.32. The average molecular weight is 358 g/mol. The minimum absolute atomic E-state index is 0.119. The Morgan fingerprint density at radius 2 is 1.70 bits per heavy atom. The van der Waals surface area contributed by atoms with Crippen LogP contribution in [0.5, 0.6) is 0 Å². The van der Waals surface area contributed by atoms with Gasteiger partial charge < -0.3 is 9.88 Å². The number of amides is 1. The Hall–Kier alpha value is -3.54. The topological polar surface area (TPSA) is 79.0 Å². The largest absolute Gasteiger partial charge is 0.331 e. The maximum atomic E-state index is 13.1. The number of H-pyrrole nitrogens is 1. The smallest absolute Gasteiger partial charge is 0.258 e. The number of pyridine rings is 1. The van der Waals surface area contributed by atoms with Crippen LogP contribution in [0.25, 0.3) is 21.8 Å². The van der Waals surface area contributed by atoms with Crippen LogP contribution in [0.3, 0.4) is 0 Å². The third-order valence-electron chi connectivity index (χ3n) is 4.55. The number of fused-ring (bicyclic) bond motifs is 2. The van der Waals surface area contributed by atoms with E-state index in [1.165, 1.54) is 0 Å². The van der Waals surface area contributed by atoms with Gasteiger partial charge >= 0.3 is 0 Å². The molecule has 2 heterocycles. The van der Waals surface area contributed by atoms with Gasteiger partial charge in [-0.25, -0.2) is 4.98 Å². The molecule has 0 saturated carbocycles. The van der Waals surface area contributed by atoms with E-state index in [0.29, 0.717) is 28.8 Å². The average Bonchev–Trinajstić information content (AvgIpc) is 2.71. The van der Waals surface area contributed by atoms with Crippen LogP contribution in [0.1, 0.15) is 23.1 Å². The molecule has 0 bridgehead atoms. The molecule has 1 amide bonds. The van der Waals surface area contributed by atoms with Gasteiger partial charge in [0.2, 0.25) is 0 Å². The Bertz CT molecular complexity index is 1190. The number of nitrogens with one attached hydrogen (secondary N) is 1. The predicted molar refractivity (Wildman–Crippen MR) is 105 cm³/mol. The van der Waals surface area contributed by atoms with Crippen LogP contribution in [0.15, 0.2) is 65.6 Å². The first-order chi connectivity index (χ1) is 13.2. The number of rotatable bonds is 4. The van der Waals surface area contributed by atoms with Crippen LogP contribution in [0.2, 0.25) is 0 Å². The van der Waals surface area contributed by atoms with Crippen molar-refractivity contribution >= 4 is 27.7 Å². The van der Waals surface area contributed by atoms with Crippen LogP contribution < -0.4 is 5.56 Å². The molecule has 4 aromatic rings. The number of carbonyl (C=O) groups excluding carboxylic acids is 1. The van der Waals surface area contributed by atoms with Gasteiger partial charge in [-0.2, -0.15) is 0 Å². The first-order valence-corrected chi connectivity index (χ1v) is 8.78. The van der Waals surface area contributed by atoms with Crippen LogP contribution in [-0.2, 0) is 6.54 Å². The second kappa shape index (κ2) is 6.99. The van der Waals surface area contributed by atoms with Crippen molar-refractivity contribution in [1.29, 1.82) is 0 Å². The maximum absolute atomic E-state index is 13.1. The van der Waals surface area contributed by atoms with E-state index in [-0.39, 0.29) is 18.0 Å². The minimum atomic E-state index is -0.200. The summed E-state index contributed by atoms with van der Waals surface area (Å²) < 4.78 is 0. The summed E-state index contributed by atoms with van der Waals surface area (Å²) in [6, 6.07) is 16.4. The van der Waals surface area contributed by atoms with Gasteiger partial charge in [-0.1, -0.05) is 30.3 Å². The van der Waals surface area contributed by atoms with Gasteiger partial charge in [-0.15, -0.1) is 0 Å². The van der Waals surface area contributed by atoms with Gasteiger partial charge in [0.25, 0.3) is 11.5 Å². The summed E-state index contributed by atoms with van der Waals surface area (Å²) in [6.45, 7) is 2.62. The van der Waals surface area contributed by atoms with Crippen molar-refractivity contribution in [2.75, 3.05) is 6.54 Å². The van der Waals surface area contributed by atoms with E-state index in [1.54, 1.807) is 35.4 Å². The molecule has 0 aliphatic heterocycles. The van der Waals surface area contributed by atoms with Crippen LogP contribution >= 0.6 is 0 Å². The fourth-order valence-electron chi connectivity index (χ4n) is 3.17. The number of para-hydroxylation sites is 2. The molecule has 0 fully saturated rings. The van der Waals surface area contributed by atoms with Gasteiger partial charge in [0.05, 0.1) is 28.5 Å². The van der Waals surface area contributed by atoms with Gasteiger partial charge in [0, 0.05) is 18.1 Å². The van der Waals surface area contributed by atoms with Crippen molar-refractivity contribution in [2.24, 2.45) is 0 Å². The van der Waals surface area contributed by atoms with Gasteiger partial charge in [0.1, 0.15) is 5.82 Å². The number of aromatic amines is 1. The van der Waals surface area contributed by atoms with Gasteiger partial charge in [0.15, 0.2) is 0 Å². The molecule has 0 atom stereocenters. The molecule has 0 unspecified atom stereocenters. The van der Waals surface area contributed by atoms with Crippen molar-refractivity contribution < 1.29 is 4.79 Å². The van der Waals surface area contributed by atoms with Crippen LogP contribution in [0.4, 0.5) is 0 Å². The zero-order chi connectivity index (χ0) is 18.8. The number of aromatic nitrogens is 3. The molecule has 2 aromatic carbocycles. The summed E-state index contributed by atoms with van der Waals surface area (Å²) >= 11 is 0. The van der Waals surface area contributed by atoms with Gasteiger partial charge in [-0.3, -0.25) is 14.6 Å². The third-order valence-corrected chi connectivity index (χ3v) is 4.55. The first-order valence-electron chi connectivity index (χ1n) is 8.78. The molecule has 0 spiro atoms. The minimum Gasteiger partial charge on any atom is -0.331 e. The van der Waals surface area contributed by atoms with Crippen molar-refractivity contribution in [2.45, 2.75) is 13.5 Å². The fourth-order valence-corrected chi connectivity index (χ4v) is 3.17. The number of benzene rings is 2. The Kier molecular flexibility index (Phi) is 4.38. The molecule has 0 saturated heterocycles. The molecule has 0 aliphatic carbocycles. The number of hydrogen-bond donors (Lipinski definition) is 1. The lowest BCUT2D eigenvalue weighted by Gasteiger charge is -2.21. The molecule has 0 aliphatic rings. The summed E-state index contributed by atoms with van der Waals surface area (Å²) in [5.74, 6) is 0.346.